The predicted molar refractivity (Wildman–Crippen MR) is 356 cm³/mol. The van der Waals surface area contributed by atoms with E-state index in [1.54, 1.807) is 0 Å². The van der Waals surface area contributed by atoms with Gasteiger partial charge in [-0.2, -0.15) is 27.0 Å². The molecule has 2 atom stereocenters. The number of amides is 2. The maximum Gasteiger partial charge on any atom is 0.494 e. The maximum atomic E-state index is 12.7. The second-order valence-electron chi connectivity index (χ2n) is 27.9. The number of benzene rings is 4. The highest BCUT2D eigenvalue weighted by Crippen LogP contribution is 2.44. The van der Waals surface area contributed by atoms with E-state index in [1.807, 2.05) is 119 Å². The smallest absolute Gasteiger partial charge is 0.444 e. The summed E-state index contributed by atoms with van der Waals surface area (Å²) >= 11 is 3.53. The molecule has 0 spiro atoms. The Kier molecular flexibility index (Phi) is 19.9. The molecule has 2 amide bonds. The molecule has 0 bridgehead atoms. The molecule has 5 fully saturated rings. The summed E-state index contributed by atoms with van der Waals surface area (Å²) in [5.41, 5.74) is 4.73. The Morgan fingerprint density at radius 3 is 1.25 bits per heavy atom. The number of ether oxygens (including phenoxy) is 2. The number of carbonyl (C=O) groups is 2. The van der Waals surface area contributed by atoms with Gasteiger partial charge in [0.15, 0.2) is 0 Å². The van der Waals surface area contributed by atoms with Crippen LogP contribution in [-0.4, -0.2) is 125 Å². The number of fused-ring (bicyclic) bond motifs is 2. The molecule has 0 aromatic heterocycles. The first kappa shape index (κ1) is 67.4. The second-order valence-corrected chi connectivity index (χ2v) is 28.8. The van der Waals surface area contributed by atoms with Gasteiger partial charge in [0.05, 0.1) is 45.7 Å². The normalized spacial score (nSPS) is 23.4. The molecule has 454 valence electrons. The van der Waals surface area contributed by atoms with Crippen molar-refractivity contribution < 1.29 is 47.0 Å². The summed E-state index contributed by atoms with van der Waals surface area (Å²) < 4.78 is 48.6. The van der Waals surface area contributed by atoms with Gasteiger partial charge in [-0.25, -0.2) is 9.59 Å². The lowest BCUT2D eigenvalue weighted by Gasteiger charge is -2.32. The third kappa shape index (κ3) is 14.7. The molecule has 11 rings (SSSR count). The Bertz CT molecular complexity index is 3160. The first-order valence-electron chi connectivity index (χ1n) is 29.3. The SMILES string of the molecule is CC(C)(C)OC(=O)N1CCC[C@H]1C1=NC=C(c2ccc3cc(B4OC(C)(C)C(C)(C)O4)ccc3c2)C1.CC(C)(C)OC(=O)N1CCC[C@H]1C1=NC=C(c2ccc3cc(Br)ccc3c2)C1.CC1(C)OB(B2OC(C)(C)C(C)(C)O2)OC1(C)C.S.S. The van der Waals surface area contributed by atoms with Crippen molar-refractivity contribution in [3.05, 3.63) is 101 Å². The van der Waals surface area contributed by atoms with Crippen LogP contribution in [-0.2, 0) is 37.4 Å². The first-order valence-corrected chi connectivity index (χ1v) is 30.1. The molecule has 20 heteroatoms. The zero-order valence-electron chi connectivity index (χ0n) is 52.9. The molecule has 5 saturated heterocycles. The Morgan fingerprint density at radius 1 is 0.512 bits per heavy atom. The van der Waals surface area contributed by atoms with Crippen LogP contribution in [0.1, 0.15) is 174 Å². The summed E-state index contributed by atoms with van der Waals surface area (Å²) in [5, 5.41) is 4.74. The number of aliphatic imine (C=N–C) groups is 2. The van der Waals surface area contributed by atoms with Crippen molar-refractivity contribution in [3.63, 3.8) is 0 Å². The van der Waals surface area contributed by atoms with E-state index in [1.165, 1.54) is 32.9 Å². The van der Waals surface area contributed by atoms with Gasteiger partial charge in [0.2, 0.25) is 0 Å². The van der Waals surface area contributed by atoms with Crippen molar-refractivity contribution in [1.82, 2.24) is 9.80 Å². The summed E-state index contributed by atoms with van der Waals surface area (Å²) in [6.07, 6.45) is 8.81. The molecule has 0 unspecified atom stereocenters. The maximum absolute atomic E-state index is 12.7. The average molecular weight is 1250 g/mol. The molecule has 14 nitrogen and oxygen atoms in total. The van der Waals surface area contributed by atoms with E-state index in [9.17, 15) is 9.59 Å². The van der Waals surface area contributed by atoms with Crippen LogP contribution in [0.4, 0.5) is 9.59 Å². The molecule has 0 saturated carbocycles. The largest absolute Gasteiger partial charge is 0.494 e. The van der Waals surface area contributed by atoms with Crippen LogP contribution in [0, 0.1) is 0 Å². The van der Waals surface area contributed by atoms with E-state index in [4.69, 9.17) is 47.4 Å². The molecular formula is C64H90B3BrN4O10S2. The molecule has 84 heavy (non-hydrogen) atoms. The molecular weight excluding hydrogens is 1160 g/mol. The van der Waals surface area contributed by atoms with E-state index < -0.39 is 25.2 Å². The number of nitrogens with zero attached hydrogens (tertiary/aromatic N) is 4. The molecule has 0 N–H and O–H groups in total. The lowest BCUT2D eigenvalue weighted by Crippen LogP contribution is -2.43. The van der Waals surface area contributed by atoms with Gasteiger partial charge in [0, 0.05) is 54.2 Å². The number of rotatable bonds is 6. The zero-order valence-corrected chi connectivity index (χ0v) is 56.5. The number of halogens is 1. The Balaban J connectivity index is 0.000000188. The molecule has 4 aromatic carbocycles. The lowest BCUT2D eigenvalue weighted by molar-refractivity contribution is 0.00578. The summed E-state index contributed by atoms with van der Waals surface area (Å²) in [6, 6.07) is 25.8. The predicted octanol–water partition coefficient (Wildman–Crippen LogP) is 14.4. The molecule has 0 aliphatic carbocycles. The van der Waals surface area contributed by atoms with Gasteiger partial charge in [-0.3, -0.25) is 19.8 Å². The van der Waals surface area contributed by atoms with E-state index >= 15 is 0 Å². The van der Waals surface area contributed by atoms with Gasteiger partial charge in [0.1, 0.15) is 11.2 Å². The van der Waals surface area contributed by atoms with Crippen LogP contribution in [0.2, 0.25) is 0 Å². The van der Waals surface area contributed by atoms with Crippen LogP contribution in [0.5, 0.6) is 0 Å². The highest BCUT2D eigenvalue weighted by atomic mass is 79.9. The highest BCUT2D eigenvalue weighted by Gasteiger charge is 2.64. The molecule has 7 aliphatic rings. The van der Waals surface area contributed by atoms with Crippen molar-refractivity contribution in [3.8, 4) is 0 Å². The van der Waals surface area contributed by atoms with Crippen molar-refractivity contribution in [1.29, 1.82) is 0 Å². The van der Waals surface area contributed by atoms with Crippen molar-refractivity contribution in [2.45, 2.75) is 220 Å². The van der Waals surface area contributed by atoms with Gasteiger partial charge < -0.3 is 37.4 Å². The van der Waals surface area contributed by atoms with Crippen molar-refractivity contribution >= 4 is 126 Å². The van der Waals surface area contributed by atoms with Gasteiger partial charge in [-0.05, 0) is 224 Å². The summed E-state index contributed by atoms with van der Waals surface area (Å²) in [5.74, 6) is 0. The van der Waals surface area contributed by atoms with Gasteiger partial charge in [-0.1, -0.05) is 64.5 Å². The minimum absolute atomic E-state index is 0. The Morgan fingerprint density at radius 2 is 0.857 bits per heavy atom. The fraction of sp³-hybridized carbons (Fsp3) is 0.562. The quantitative estimate of drug-likeness (QED) is 0.171. The van der Waals surface area contributed by atoms with Crippen molar-refractivity contribution in [2.24, 2.45) is 9.98 Å². The third-order valence-electron chi connectivity index (χ3n) is 17.7. The first-order chi connectivity index (χ1) is 38.0. The van der Waals surface area contributed by atoms with E-state index in [-0.39, 0.29) is 92.0 Å². The van der Waals surface area contributed by atoms with Crippen LogP contribution in [0.3, 0.4) is 0 Å². The Hall–Kier alpha value is -4.11. The zero-order chi connectivity index (χ0) is 59.8. The van der Waals surface area contributed by atoms with Gasteiger partial charge in [0.25, 0.3) is 0 Å². The van der Waals surface area contributed by atoms with Crippen LogP contribution in [0.25, 0.3) is 32.7 Å². The number of carbonyl (C=O) groups excluding carboxylic acids is 2. The second kappa shape index (κ2) is 24.8. The summed E-state index contributed by atoms with van der Waals surface area (Å²) in [7, 11) is -1.32. The fourth-order valence-electron chi connectivity index (χ4n) is 11.0. The van der Waals surface area contributed by atoms with Crippen molar-refractivity contribution in [2.75, 3.05) is 13.1 Å². The van der Waals surface area contributed by atoms with Crippen LogP contribution in [0.15, 0.2) is 99.7 Å². The standard InChI is InChI=1S/C29H37BN2O4.C23H25BrN2O2.C12H24B2O4.2H2S/c1-27(2,3)34-26(33)32-14-8-9-25(32)24-17-22(18-31-24)20-10-11-21-16-23(13-12-19(21)15-20)30-35-28(4,5)29(6,7)36-30;1-23(2,3)28-22(27)26-10-4-5-21(26)20-13-18(14-25-20)16-6-7-17-12-19(24)9-8-15(17)11-16;1-9(2)10(3,4)16-13(15-9)14-17-11(5,6)12(7,8)18-14;;/h10-13,15-16,18,25H,8-9,14,17H2,1-7H3;6-9,11-12,14,21H,4-5,10,13H2,1-3H3;1-8H3;2*1H2/t25-;21-;;;/m00.../s1. The van der Waals surface area contributed by atoms with E-state index in [0.717, 1.165) is 83.9 Å². The number of likely N-dealkylation sites (tertiary alicyclic amines) is 2. The minimum Gasteiger partial charge on any atom is -0.444 e. The molecule has 4 aromatic rings. The minimum atomic E-state index is -0.501. The van der Waals surface area contributed by atoms with Crippen LogP contribution >= 0.6 is 42.9 Å². The topological polar surface area (TPSA) is 139 Å². The summed E-state index contributed by atoms with van der Waals surface area (Å²) in [4.78, 5) is 38.5. The summed E-state index contributed by atoms with van der Waals surface area (Å²) in [6.45, 7) is 37.4. The van der Waals surface area contributed by atoms with Gasteiger partial charge >= 0.3 is 33.3 Å². The van der Waals surface area contributed by atoms with E-state index in [0.29, 0.717) is 0 Å². The lowest BCUT2D eigenvalue weighted by atomic mass is 9.49. The molecule has 7 aliphatic heterocycles. The number of hydrogen-bond donors (Lipinski definition) is 0. The van der Waals surface area contributed by atoms with Gasteiger partial charge in [-0.15, -0.1) is 0 Å². The highest BCUT2D eigenvalue weighted by molar-refractivity contribution is 9.10. The average Bonchev–Trinajstić information content (AvgIpc) is 1.99. The Labute approximate surface area is 523 Å². The van der Waals surface area contributed by atoms with Crippen LogP contribution < -0.4 is 5.46 Å². The molecule has 7 heterocycles. The number of hydrogen-bond acceptors (Lipinski definition) is 12. The number of allylic oxidation sites excluding steroid dienone is 2. The monoisotopic (exact) mass is 1250 g/mol. The molecule has 0 radical (unpaired) electrons. The van der Waals surface area contributed by atoms with E-state index in [2.05, 4.69) is 116 Å². The third-order valence-corrected chi connectivity index (χ3v) is 18.2. The fourth-order valence-corrected chi connectivity index (χ4v) is 11.3.